The molecular formula is C14H26N2O3. The summed E-state index contributed by atoms with van der Waals surface area (Å²) in [6, 6.07) is -0.366. The van der Waals surface area contributed by atoms with E-state index in [9.17, 15) is 14.4 Å². The number of hydrogen-bond acceptors (Lipinski definition) is 3. The van der Waals surface area contributed by atoms with Crippen LogP contribution in [0.2, 0.25) is 0 Å². The average Bonchev–Trinajstić information content (AvgIpc) is 2.34. The second-order valence-corrected chi connectivity index (χ2v) is 5.12. The zero-order valence-electron chi connectivity index (χ0n) is 12.7. The van der Waals surface area contributed by atoms with Crippen molar-refractivity contribution < 1.29 is 14.4 Å². The highest BCUT2D eigenvalue weighted by molar-refractivity contribution is 5.87. The predicted molar refractivity (Wildman–Crippen MR) is 74.6 cm³/mol. The Balaban J connectivity index is 4.00. The largest absolute Gasteiger partial charge is 0.356 e. The SMILES string of the molecule is CC(=O)NCCCC[C@H](C)C(=O)N(C)[C@@H](C)C(C)=O. The van der Waals surface area contributed by atoms with Crippen molar-refractivity contribution in [3.05, 3.63) is 0 Å². The number of ketones is 1. The molecule has 0 fully saturated rings. The van der Waals surface area contributed by atoms with Gasteiger partial charge < -0.3 is 10.2 Å². The van der Waals surface area contributed by atoms with Crippen LogP contribution in [0.3, 0.4) is 0 Å². The molecule has 0 bridgehead atoms. The van der Waals surface area contributed by atoms with E-state index in [0.717, 1.165) is 19.3 Å². The van der Waals surface area contributed by atoms with Crippen LogP contribution < -0.4 is 5.32 Å². The van der Waals surface area contributed by atoms with Gasteiger partial charge in [-0.3, -0.25) is 14.4 Å². The number of nitrogens with zero attached hydrogens (tertiary/aromatic N) is 1. The highest BCUT2D eigenvalue weighted by Gasteiger charge is 2.23. The Bertz CT molecular complexity index is 329. The van der Waals surface area contributed by atoms with Gasteiger partial charge in [0.2, 0.25) is 11.8 Å². The summed E-state index contributed by atoms with van der Waals surface area (Å²) in [6.45, 7) is 7.25. The van der Waals surface area contributed by atoms with Crippen LogP contribution in [-0.4, -0.2) is 42.1 Å². The first-order valence-electron chi connectivity index (χ1n) is 6.79. The molecule has 0 rings (SSSR count). The normalized spacial score (nSPS) is 13.5. The molecule has 2 amide bonds. The third-order valence-corrected chi connectivity index (χ3v) is 3.38. The van der Waals surface area contributed by atoms with E-state index in [1.807, 2.05) is 6.92 Å². The molecule has 0 aliphatic rings. The quantitative estimate of drug-likeness (QED) is 0.677. The van der Waals surface area contributed by atoms with Crippen molar-refractivity contribution >= 4 is 17.6 Å². The van der Waals surface area contributed by atoms with Crippen LogP contribution in [0.5, 0.6) is 0 Å². The summed E-state index contributed by atoms with van der Waals surface area (Å²) in [6.07, 6.45) is 2.52. The van der Waals surface area contributed by atoms with Gasteiger partial charge >= 0.3 is 0 Å². The summed E-state index contributed by atoms with van der Waals surface area (Å²) >= 11 is 0. The van der Waals surface area contributed by atoms with Crippen LogP contribution >= 0.6 is 0 Å². The zero-order chi connectivity index (χ0) is 15.0. The number of unbranched alkanes of at least 4 members (excludes halogenated alkanes) is 1. The Kier molecular flexibility index (Phi) is 8.03. The number of rotatable bonds is 8. The molecule has 0 saturated heterocycles. The molecule has 0 radical (unpaired) electrons. The maximum atomic E-state index is 12.1. The van der Waals surface area contributed by atoms with Gasteiger partial charge in [0, 0.05) is 26.4 Å². The van der Waals surface area contributed by atoms with Crippen molar-refractivity contribution in [3.8, 4) is 0 Å². The van der Waals surface area contributed by atoms with E-state index < -0.39 is 0 Å². The molecular weight excluding hydrogens is 244 g/mol. The van der Waals surface area contributed by atoms with Crippen LogP contribution in [0.25, 0.3) is 0 Å². The molecule has 110 valence electrons. The van der Waals surface area contributed by atoms with Gasteiger partial charge in [-0.25, -0.2) is 0 Å². The lowest BCUT2D eigenvalue weighted by atomic mass is 10.0. The fraction of sp³-hybridized carbons (Fsp3) is 0.786. The minimum Gasteiger partial charge on any atom is -0.356 e. The van der Waals surface area contributed by atoms with Gasteiger partial charge in [0.05, 0.1) is 6.04 Å². The van der Waals surface area contributed by atoms with Crippen LogP contribution in [-0.2, 0) is 14.4 Å². The Morgan fingerprint density at radius 2 is 1.68 bits per heavy atom. The molecule has 0 aliphatic carbocycles. The highest BCUT2D eigenvalue weighted by atomic mass is 16.2. The molecule has 0 saturated carbocycles. The first-order valence-corrected chi connectivity index (χ1v) is 6.79. The number of amides is 2. The minimum absolute atomic E-state index is 0.00206. The van der Waals surface area contributed by atoms with Gasteiger partial charge in [-0.15, -0.1) is 0 Å². The van der Waals surface area contributed by atoms with E-state index in [2.05, 4.69) is 5.32 Å². The summed E-state index contributed by atoms with van der Waals surface area (Å²) in [5, 5.41) is 2.73. The Morgan fingerprint density at radius 3 is 2.16 bits per heavy atom. The van der Waals surface area contributed by atoms with Gasteiger partial charge in [-0.2, -0.15) is 0 Å². The minimum atomic E-state index is -0.366. The molecule has 0 aromatic heterocycles. The lowest BCUT2D eigenvalue weighted by Gasteiger charge is -2.26. The molecule has 2 atom stereocenters. The van der Waals surface area contributed by atoms with Crippen LogP contribution in [0, 0.1) is 5.92 Å². The van der Waals surface area contributed by atoms with Gasteiger partial charge in [-0.1, -0.05) is 13.3 Å². The van der Waals surface area contributed by atoms with Crippen molar-refractivity contribution in [2.24, 2.45) is 5.92 Å². The van der Waals surface area contributed by atoms with Crippen molar-refractivity contribution in [3.63, 3.8) is 0 Å². The fourth-order valence-corrected chi connectivity index (χ4v) is 1.77. The lowest BCUT2D eigenvalue weighted by molar-refractivity contribution is -0.140. The van der Waals surface area contributed by atoms with Gasteiger partial charge in [0.1, 0.15) is 0 Å². The van der Waals surface area contributed by atoms with Crippen molar-refractivity contribution in [1.29, 1.82) is 0 Å². The van der Waals surface area contributed by atoms with E-state index in [1.165, 1.54) is 18.7 Å². The van der Waals surface area contributed by atoms with Gasteiger partial charge in [0.25, 0.3) is 0 Å². The molecule has 0 aliphatic heterocycles. The van der Waals surface area contributed by atoms with Crippen LogP contribution in [0.4, 0.5) is 0 Å². The van der Waals surface area contributed by atoms with E-state index in [1.54, 1.807) is 14.0 Å². The molecule has 0 aromatic carbocycles. The molecule has 1 N–H and O–H groups in total. The molecule has 0 spiro atoms. The maximum absolute atomic E-state index is 12.1. The summed E-state index contributed by atoms with van der Waals surface area (Å²) < 4.78 is 0. The molecule has 0 aromatic rings. The topological polar surface area (TPSA) is 66.5 Å². The Morgan fingerprint density at radius 1 is 1.11 bits per heavy atom. The van der Waals surface area contributed by atoms with Gasteiger partial charge in [0.15, 0.2) is 5.78 Å². The first kappa shape index (κ1) is 17.6. The Hall–Kier alpha value is -1.39. The molecule has 19 heavy (non-hydrogen) atoms. The lowest BCUT2D eigenvalue weighted by Crippen LogP contribution is -2.42. The van der Waals surface area contributed by atoms with E-state index in [-0.39, 0.29) is 29.6 Å². The summed E-state index contributed by atoms with van der Waals surface area (Å²) in [4.78, 5) is 35.5. The average molecular weight is 270 g/mol. The zero-order valence-corrected chi connectivity index (χ0v) is 12.7. The summed E-state index contributed by atoms with van der Waals surface area (Å²) in [7, 11) is 1.67. The van der Waals surface area contributed by atoms with Gasteiger partial charge in [-0.05, 0) is 26.7 Å². The van der Waals surface area contributed by atoms with E-state index in [4.69, 9.17) is 0 Å². The summed E-state index contributed by atoms with van der Waals surface area (Å²) in [5.74, 6) is -0.126. The van der Waals surface area contributed by atoms with Crippen molar-refractivity contribution in [1.82, 2.24) is 10.2 Å². The van der Waals surface area contributed by atoms with E-state index in [0.29, 0.717) is 6.54 Å². The van der Waals surface area contributed by atoms with Crippen LogP contribution in [0.1, 0.15) is 47.0 Å². The summed E-state index contributed by atoms with van der Waals surface area (Å²) in [5.41, 5.74) is 0. The highest BCUT2D eigenvalue weighted by Crippen LogP contribution is 2.12. The Labute approximate surface area is 115 Å². The molecule has 5 nitrogen and oxygen atoms in total. The predicted octanol–water partition coefficient (Wildman–Crippen LogP) is 1.36. The number of nitrogens with one attached hydrogen (secondary N) is 1. The number of Topliss-reactive ketones (excluding diaryl/α,β-unsaturated/α-hetero) is 1. The smallest absolute Gasteiger partial charge is 0.225 e. The van der Waals surface area contributed by atoms with Crippen LogP contribution in [0.15, 0.2) is 0 Å². The third kappa shape index (κ3) is 6.94. The number of carbonyl (C=O) groups excluding carboxylic acids is 3. The van der Waals surface area contributed by atoms with Crippen molar-refractivity contribution in [2.75, 3.05) is 13.6 Å². The number of hydrogen-bond donors (Lipinski definition) is 1. The van der Waals surface area contributed by atoms with Crippen molar-refractivity contribution in [2.45, 2.75) is 53.0 Å². The monoisotopic (exact) mass is 270 g/mol. The van der Waals surface area contributed by atoms with E-state index >= 15 is 0 Å². The maximum Gasteiger partial charge on any atom is 0.225 e. The number of carbonyl (C=O) groups is 3. The number of likely N-dealkylation sites (N-methyl/N-ethyl adjacent to an activating group) is 1. The molecule has 5 heteroatoms. The molecule has 0 heterocycles. The second-order valence-electron chi connectivity index (χ2n) is 5.12. The molecule has 0 unspecified atom stereocenters. The third-order valence-electron chi connectivity index (χ3n) is 3.38. The standard InChI is InChI=1S/C14H26N2O3/c1-10(8-6-7-9-15-13(4)18)14(19)16(5)11(2)12(3)17/h10-11H,6-9H2,1-5H3,(H,15,18)/t10-,11-/m0/s1. The fourth-order valence-electron chi connectivity index (χ4n) is 1.77. The second kappa shape index (κ2) is 8.67. The first-order chi connectivity index (χ1) is 8.77.